The molecule has 0 atom stereocenters. The second-order valence-corrected chi connectivity index (χ2v) is 5.77. The van der Waals surface area contributed by atoms with Gasteiger partial charge in [0.15, 0.2) is 17.2 Å². The Hall–Kier alpha value is -3.05. The van der Waals surface area contributed by atoms with Crippen LogP contribution in [0.25, 0.3) is 12.2 Å². The molecule has 0 aromatic heterocycles. The molecule has 0 saturated heterocycles. The van der Waals surface area contributed by atoms with Gasteiger partial charge in [-0.25, -0.2) is 9.79 Å². The van der Waals surface area contributed by atoms with Gasteiger partial charge < -0.3 is 14.2 Å². The maximum atomic E-state index is 12.1. The minimum atomic E-state index is -0.523. The van der Waals surface area contributed by atoms with Crippen molar-refractivity contribution < 1.29 is 19.0 Å². The lowest BCUT2D eigenvalue weighted by Crippen LogP contribution is -2.01. The minimum Gasteiger partial charge on any atom is -0.493 e. The molecule has 2 aromatic carbocycles. The van der Waals surface area contributed by atoms with Crippen LogP contribution in [0.4, 0.5) is 0 Å². The number of methoxy groups -OCH3 is 2. The molecule has 26 heavy (non-hydrogen) atoms. The molecule has 5 nitrogen and oxygen atoms in total. The number of rotatable bonds is 5. The normalized spacial score (nSPS) is 15.3. The molecule has 0 amide bonds. The van der Waals surface area contributed by atoms with Crippen molar-refractivity contribution in [1.82, 2.24) is 0 Å². The average Bonchev–Trinajstić information content (AvgIpc) is 3.00. The van der Waals surface area contributed by atoms with E-state index in [9.17, 15) is 4.79 Å². The summed E-state index contributed by atoms with van der Waals surface area (Å²) in [6, 6.07) is 12.7. The first-order valence-corrected chi connectivity index (χ1v) is 8.15. The SMILES string of the molecule is COc1cccc(/C=C2N=C(/C=C/c3ccc(Cl)cc3)OC/2=O)c1OC. The van der Waals surface area contributed by atoms with Gasteiger partial charge in [0.1, 0.15) is 0 Å². The third-order valence-electron chi connectivity index (χ3n) is 3.65. The maximum absolute atomic E-state index is 12.1. The highest BCUT2D eigenvalue weighted by Gasteiger charge is 2.22. The molecule has 6 heteroatoms. The molecule has 1 aliphatic rings. The van der Waals surface area contributed by atoms with E-state index in [-0.39, 0.29) is 11.6 Å². The van der Waals surface area contributed by atoms with Crippen LogP contribution in [0.15, 0.2) is 59.2 Å². The molecular formula is C20H16ClNO4. The fourth-order valence-electron chi connectivity index (χ4n) is 2.41. The summed E-state index contributed by atoms with van der Waals surface area (Å²) in [5.41, 5.74) is 1.78. The quantitative estimate of drug-likeness (QED) is 0.580. The highest BCUT2D eigenvalue weighted by molar-refractivity contribution is 6.30. The summed E-state index contributed by atoms with van der Waals surface area (Å²) in [6.07, 6.45) is 5.02. The number of halogens is 1. The molecule has 0 bridgehead atoms. The molecule has 0 unspecified atom stereocenters. The minimum absolute atomic E-state index is 0.187. The lowest BCUT2D eigenvalue weighted by atomic mass is 10.1. The van der Waals surface area contributed by atoms with Gasteiger partial charge in [0.25, 0.3) is 0 Å². The topological polar surface area (TPSA) is 57.1 Å². The van der Waals surface area contributed by atoms with E-state index in [1.54, 1.807) is 55.7 Å². The molecule has 0 N–H and O–H groups in total. The van der Waals surface area contributed by atoms with Crippen molar-refractivity contribution in [3.8, 4) is 11.5 Å². The summed E-state index contributed by atoms with van der Waals surface area (Å²) >= 11 is 5.86. The number of aliphatic imine (C=N–C) groups is 1. The monoisotopic (exact) mass is 369 g/mol. The third kappa shape index (κ3) is 3.95. The van der Waals surface area contributed by atoms with Gasteiger partial charge in [0.05, 0.1) is 14.2 Å². The maximum Gasteiger partial charge on any atom is 0.363 e. The van der Waals surface area contributed by atoms with Crippen LogP contribution in [0.2, 0.25) is 5.02 Å². The molecule has 0 radical (unpaired) electrons. The van der Waals surface area contributed by atoms with Gasteiger partial charge in [0, 0.05) is 16.7 Å². The van der Waals surface area contributed by atoms with Gasteiger partial charge in [-0.3, -0.25) is 0 Å². The number of cyclic esters (lactones) is 1. The van der Waals surface area contributed by atoms with Crippen LogP contribution in [-0.4, -0.2) is 26.1 Å². The van der Waals surface area contributed by atoms with Crippen molar-refractivity contribution in [2.75, 3.05) is 14.2 Å². The number of benzene rings is 2. The van der Waals surface area contributed by atoms with Crippen molar-refractivity contribution in [3.63, 3.8) is 0 Å². The van der Waals surface area contributed by atoms with Crippen molar-refractivity contribution >= 4 is 35.6 Å². The Kier molecular flexibility index (Phi) is 5.39. The number of ether oxygens (including phenoxy) is 3. The van der Waals surface area contributed by atoms with Crippen LogP contribution in [0, 0.1) is 0 Å². The highest BCUT2D eigenvalue weighted by Crippen LogP contribution is 2.32. The first kappa shape index (κ1) is 17.8. The van der Waals surface area contributed by atoms with Crippen LogP contribution in [-0.2, 0) is 9.53 Å². The molecule has 3 rings (SSSR count). The van der Waals surface area contributed by atoms with E-state index in [0.717, 1.165) is 5.56 Å². The van der Waals surface area contributed by atoms with Gasteiger partial charge in [0.2, 0.25) is 5.90 Å². The van der Waals surface area contributed by atoms with E-state index in [2.05, 4.69) is 4.99 Å². The van der Waals surface area contributed by atoms with Crippen molar-refractivity contribution in [3.05, 3.63) is 70.4 Å². The summed E-state index contributed by atoms with van der Waals surface area (Å²) in [6.45, 7) is 0. The fraction of sp³-hybridized carbons (Fsp3) is 0.100. The van der Waals surface area contributed by atoms with E-state index in [1.165, 1.54) is 7.11 Å². The van der Waals surface area contributed by atoms with Crippen molar-refractivity contribution in [1.29, 1.82) is 0 Å². The summed E-state index contributed by atoms with van der Waals surface area (Å²) in [4.78, 5) is 16.3. The first-order valence-electron chi connectivity index (χ1n) is 7.78. The zero-order valence-electron chi connectivity index (χ0n) is 14.2. The Morgan fingerprint density at radius 2 is 1.81 bits per heavy atom. The van der Waals surface area contributed by atoms with Gasteiger partial charge in [-0.05, 0) is 35.9 Å². The number of para-hydroxylation sites is 1. The molecule has 0 spiro atoms. The second kappa shape index (κ2) is 7.89. The molecule has 0 fully saturated rings. The Bertz CT molecular complexity index is 914. The predicted molar refractivity (Wildman–Crippen MR) is 102 cm³/mol. The third-order valence-corrected chi connectivity index (χ3v) is 3.90. The second-order valence-electron chi connectivity index (χ2n) is 5.34. The number of carbonyl (C=O) groups is 1. The first-order chi connectivity index (χ1) is 12.6. The number of carbonyl (C=O) groups excluding carboxylic acids is 1. The highest BCUT2D eigenvalue weighted by atomic mass is 35.5. The summed E-state index contributed by atoms with van der Waals surface area (Å²) in [7, 11) is 3.09. The van der Waals surface area contributed by atoms with Crippen LogP contribution in [0.3, 0.4) is 0 Å². The van der Waals surface area contributed by atoms with Gasteiger partial charge in [-0.2, -0.15) is 0 Å². The van der Waals surface area contributed by atoms with E-state index in [1.807, 2.05) is 12.1 Å². The number of hydrogen-bond acceptors (Lipinski definition) is 5. The molecule has 1 heterocycles. The van der Waals surface area contributed by atoms with E-state index >= 15 is 0 Å². The van der Waals surface area contributed by atoms with Crippen molar-refractivity contribution in [2.45, 2.75) is 0 Å². The summed E-state index contributed by atoms with van der Waals surface area (Å²) in [5.74, 6) is 0.791. The van der Waals surface area contributed by atoms with Crippen LogP contribution >= 0.6 is 11.6 Å². The molecule has 1 aliphatic heterocycles. The Morgan fingerprint density at radius 3 is 2.50 bits per heavy atom. The predicted octanol–water partition coefficient (Wildman–Crippen LogP) is 4.37. The molecule has 2 aromatic rings. The Labute approximate surface area is 156 Å². The van der Waals surface area contributed by atoms with Crippen LogP contribution < -0.4 is 9.47 Å². The zero-order chi connectivity index (χ0) is 18.5. The summed E-state index contributed by atoms with van der Waals surface area (Å²) in [5, 5.41) is 0.657. The van der Waals surface area contributed by atoms with Gasteiger partial charge in [-0.15, -0.1) is 0 Å². The fourth-order valence-corrected chi connectivity index (χ4v) is 2.54. The number of esters is 1. The molecule has 132 valence electrons. The van der Waals surface area contributed by atoms with Crippen LogP contribution in [0.5, 0.6) is 11.5 Å². The van der Waals surface area contributed by atoms with E-state index in [0.29, 0.717) is 22.1 Å². The lowest BCUT2D eigenvalue weighted by molar-refractivity contribution is -0.129. The molecular weight excluding hydrogens is 354 g/mol. The molecule has 0 saturated carbocycles. The molecule has 0 aliphatic carbocycles. The average molecular weight is 370 g/mol. The van der Waals surface area contributed by atoms with Crippen LogP contribution in [0.1, 0.15) is 11.1 Å². The van der Waals surface area contributed by atoms with E-state index in [4.69, 9.17) is 25.8 Å². The van der Waals surface area contributed by atoms with Crippen molar-refractivity contribution in [2.24, 2.45) is 4.99 Å². The summed E-state index contributed by atoms with van der Waals surface area (Å²) < 4.78 is 15.8. The standard InChI is InChI=1S/C20H16ClNO4/c1-24-17-5-3-4-14(19(17)25-2)12-16-20(23)26-18(22-16)11-8-13-6-9-15(21)10-7-13/h3-12H,1-2H3/b11-8+,16-12+. The zero-order valence-corrected chi connectivity index (χ0v) is 15.0. The number of hydrogen-bond donors (Lipinski definition) is 0. The lowest BCUT2D eigenvalue weighted by Gasteiger charge is -2.09. The van der Waals surface area contributed by atoms with Gasteiger partial charge in [-0.1, -0.05) is 35.9 Å². The Morgan fingerprint density at radius 1 is 1.04 bits per heavy atom. The Balaban J connectivity index is 1.86. The smallest absolute Gasteiger partial charge is 0.363 e. The van der Waals surface area contributed by atoms with Gasteiger partial charge >= 0.3 is 5.97 Å². The number of nitrogens with zero attached hydrogens (tertiary/aromatic N) is 1. The largest absolute Gasteiger partial charge is 0.493 e. The van der Waals surface area contributed by atoms with E-state index < -0.39 is 5.97 Å².